The molecule has 0 spiro atoms. The lowest BCUT2D eigenvalue weighted by molar-refractivity contribution is 0.466. The number of fused-ring (bicyclic) bond motifs is 5. The van der Waals surface area contributed by atoms with E-state index in [0.29, 0.717) is 12.0 Å². The summed E-state index contributed by atoms with van der Waals surface area (Å²) in [5.74, 6) is 0.711. The SMILES string of the molecule is CCC(C)CCC(C)N(c1ccc(C)cc1)c1cc2c3ccccc3c(N(c3ccc(C)cc3)c3ccc(C)cc3)cc2c2ccccc12. The number of nitrogens with zero attached hydrogens (tertiary/aromatic N) is 2. The Bertz CT molecular complexity index is 2170. The molecule has 0 aliphatic rings. The number of hydrogen-bond acceptors (Lipinski definition) is 2. The highest BCUT2D eigenvalue weighted by Gasteiger charge is 2.23. The van der Waals surface area contributed by atoms with Crippen molar-refractivity contribution >= 4 is 60.8 Å². The van der Waals surface area contributed by atoms with E-state index in [9.17, 15) is 0 Å². The smallest absolute Gasteiger partial charge is 0.0546 e. The lowest BCUT2D eigenvalue weighted by atomic mass is 9.92. The van der Waals surface area contributed by atoms with Crippen LogP contribution >= 0.6 is 0 Å². The molecule has 7 aromatic rings. The Labute approximate surface area is 292 Å². The molecule has 0 radical (unpaired) electrons. The van der Waals surface area contributed by atoms with Crippen molar-refractivity contribution in [1.82, 2.24) is 0 Å². The van der Waals surface area contributed by atoms with Crippen LogP contribution in [0.5, 0.6) is 0 Å². The summed E-state index contributed by atoms with van der Waals surface area (Å²) >= 11 is 0. The van der Waals surface area contributed by atoms with Crippen LogP contribution in [0, 0.1) is 26.7 Å². The first-order valence-electron chi connectivity index (χ1n) is 18.0. The molecule has 246 valence electrons. The van der Waals surface area contributed by atoms with Gasteiger partial charge < -0.3 is 9.80 Å². The zero-order chi connectivity index (χ0) is 34.1. The molecule has 0 amide bonds. The fourth-order valence-corrected chi connectivity index (χ4v) is 7.31. The third-order valence-electron chi connectivity index (χ3n) is 10.5. The Morgan fingerprint density at radius 2 is 0.857 bits per heavy atom. The summed E-state index contributed by atoms with van der Waals surface area (Å²) in [7, 11) is 0. The molecule has 7 rings (SSSR count). The topological polar surface area (TPSA) is 6.48 Å². The number of rotatable bonds is 10. The normalized spacial score (nSPS) is 12.8. The van der Waals surface area contributed by atoms with Gasteiger partial charge in [0, 0.05) is 39.6 Å². The number of aryl methyl sites for hydroxylation is 3. The van der Waals surface area contributed by atoms with E-state index in [1.165, 1.54) is 78.9 Å². The molecule has 0 fully saturated rings. The number of anilines is 5. The minimum atomic E-state index is 0.335. The van der Waals surface area contributed by atoms with Crippen molar-refractivity contribution in [3.05, 3.63) is 150 Å². The zero-order valence-corrected chi connectivity index (χ0v) is 29.9. The quantitative estimate of drug-likeness (QED) is 0.137. The monoisotopic (exact) mass is 640 g/mol. The van der Waals surface area contributed by atoms with E-state index in [0.717, 1.165) is 17.8 Å². The number of hydrogen-bond donors (Lipinski definition) is 0. The molecule has 0 N–H and O–H groups in total. The van der Waals surface area contributed by atoms with Gasteiger partial charge in [-0.1, -0.05) is 122 Å². The maximum absolute atomic E-state index is 2.61. The molecule has 0 aliphatic carbocycles. The third kappa shape index (κ3) is 6.41. The summed E-state index contributed by atoms with van der Waals surface area (Å²) in [6, 6.07) is 50.2. The maximum atomic E-state index is 2.61. The van der Waals surface area contributed by atoms with E-state index in [1.807, 2.05) is 0 Å². The van der Waals surface area contributed by atoms with Gasteiger partial charge in [-0.25, -0.2) is 0 Å². The molecule has 2 atom stereocenters. The van der Waals surface area contributed by atoms with Crippen LogP contribution in [0.2, 0.25) is 0 Å². The molecule has 2 nitrogen and oxygen atoms in total. The Morgan fingerprint density at radius 1 is 0.449 bits per heavy atom. The van der Waals surface area contributed by atoms with Crippen molar-refractivity contribution in [3.8, 4) is 0 Å². The average Bonchev–Trinajstić information content (AvgIpc) is 3.13. The lowest BCUT2D eigenvalue weighted by Gasteiger charge is -2.34. The van der Waals surface area contributed by atoms with Crippen molar-refractivity contribution < 1.29 is 0 Å². The molecule has 0 saturated carbocycles. The summed E-state index contributed by atoms with van der Waals surface area (Å²) < 4.78 is 0. The van der Waals surface area contributed by atoms with Gasteiger partial charge in [-0.2, -0.15) is 0 Å². The van der Waals surface area contributed by atoms with Crippen molar-refractivity contribution in [1.29, 1.82) is 0 Å². The largest absolute Gasteiger partial charge is 0.338 e. The Hall–Kier alpha value is -5.08. The van der Waals surface area contributed by atoms with Crippen molar-refractivity contribution in [3.63, 3.8) is 0 Å². The third-order valence-corrected chi connectivity index (χ3v) is 10.5. The first-order chi connectivity index (χ1) is 23.8. The van der Waals surface area contributed by atoms with Gasteiger partial charge in [-0.15, -0.1) is 0 Å². The fourth-order valence-electron chi connectivity index (χ4n) is 7.31. The highest BCUT2D eigenvalue weighted by Crippen LogP contribution is 2.46. The standard InChI is InChI=1S/C47H48N2/c1-7-32(2)16-23-36(6)48(37-24-17-33(3)18-25-37)46-30-44-41-13-9-11-15-43(41)47(31-45(44)40-12-8-10-14-42(40)46)49(38-26-19-34(4)20-27-38)39-28-21-35(5)22-29-39/h8-15,17-22,24-32,36H,7,16,23H2,1-6H3. The molecule has 0 bridgehead atoms. The Morgan fingerprint density at radius 3 is 1.33 bits per heavy atom. The van der Waals surface area contributed by atoms with E-state index in [2.05, 4.69) is 185 Å². The second kappa shape index (κ2) is 13.8. The van der Waals surface area contributed by atoms with Crippen LogP contribution in [0.15, 0.2) is 133 Å². The van der Waals surface area contributed by atoms with Crippen LogP contribution in [0.4, 0.5) is 28.4 Å². The van der Waals surface area contributed by atoms with E-state index < -0.39 is 0 Å². The molecular weight excluding hydrogens is 593 g/mol. The molecule has 0 saturated heterocycles. The highest BCUT2D eigenvalue weighted by atomic mass is 15.2. The van der Waals surface area contributed by atoms with Gasteiger partial charge in [-0.05, 0) is 117 Å². The van der Waals surface area contributed by atoms with E-state index in [4.69, 9.17) is 0 Å². The minimum Gasteiger partial charge on any atom is -0.338 e. The van der Waals surface area contributed by atoms with Crippen LogP contribution in [-0.2, 0) is 0 Å². The average molecular weight is 641 g/mol. The Kier molecular flexibility index (Phi) is 9.15. The molecule has 2 unspecified atom stereocenters. The van der Waals surface area contributed by atoms with Crippen molar-refractivity contribution in [2.45, 2.75) is 66.8 Å². The molecular formula is C47H48N2. The van der Waals surface area contributed by atoms with E-state index >= 15 is 0 Å². The molecule has 0 heterocycles. The molecule has 0 aromatic heterocycles. The summed E-state index contributed by atoms with van der Waals surface area (Å²) in [6.07, 6.45) is 3.56. The van der Waals surface area contributed by atoms with Crippen LogP contribution in [0.1, 0.15) is 56.7 Å². The molecule has 0 aliphatic heterocycles. The fraction of sp³-hybridized carbons (Fsp3) is 0.234. The highest BCUT2D eigenvalue weighted by molar-refractivity contribution is 6.24. The second-order valence-corrected chi connectivity index (χ2v) is 14.1. The van der Waals surface area contributed by atoms with Gasteiger partial charge in [0.1, 0.15) is 0 Å². The predicted octanol–water partition coefficient (Wildman–Crippen LogP) is 13.9. The summed E-state index contributed by atoms with van der Waals surface area (Å²) in [5, 5.41) is 7.62. The van der Waals surface area contributed by atoms with Gasteiger partial charge in [-0.3, -0.25) is 0 Å². The van der Waals surface area contributed by atoms with Gasteiger partial charge >= 0.3 is 0 Å². The lowest BCUT2D eigenvalue weighted by Crippen LogP contribution is -2.29. The van der Waals surface area contributed by atoms with Crippen LogP contribution < -0.4 is 9.80 Å². The van der Waals surface area contributed by atoms with Gasteiger partial charge in [0.2, 0.25) is 0 Å². The molecule has 7 aromatic carbocycles. The summed E-state index contributed by atoms with van der Waals surface area (Å²) in [6.45, 7) is 13.6. The molecule has 49 heavy (non-hydrogen) atoms. The van der Waals surface area contributed by atoms with Crippen molar-refractivity contribution in [2.75, 3.05) is 9.80 Å². The Balaban J connectivity index is 1.51. The van der Waals surface area contributed by atoms with Gasteiger partial charge in [0.25, 0.3) is 0 Å². The maximum Gasteiger partial charge on any atom is 0.0546 e. The summed E-state index contributed by atoms with van der Waals surface area (Å²) in [5.41, 5.74) is 9.81. The first-order valence-corrected chi connectivity index (χ1v) is 18.0. The van der Waals surface area contributed by atoms with Crippen LogP contribution in [-0.4, -0.2) is 6.04 Å². The van der Waals surface area contributed by atoms with Gasteiger partial charge in [0.05, 0.1) is 5.69 Å². The van der Waals surface area contributed by atoms with Crippen molar-refractivity contribution in [2.24, 2.45) is 5.92 Å². The number of benzene rings is 7. The predicted molar refractivity (Wildman–Crippen MR) is 215 cm³/mol. The van der Waals surface area contributed by atoms with Crippen LogP contribution in [0.3, 0.4) is 0 Å². The minimum absolute atomic E-state index is 0.335. The van der Waals surface area contributed by atoms with E-state index in [-0.39, 0.29) is 0 Å². The summed E-state index contributed by atoms with van der Waals surface area (Å²) in [4.78, 5) is 5.04. The zero-order valence-electron chi connectivity index (χ0n) is 29.9. The second-order valence-electron chi connectivity index (χ2n) is 14.1. The van der Waals surface area contributed by atoms with E-state index in [1.54, 1.807) is 0 Å². The molecule has 2 heteroatoms. The first kappa shape index (κ1) is 32.5. The van der Waals surface area contributed by atoms with Crippen LogP contribution in [0.25, 0.3) is 32.3 Å². The van der Waals surface area contributed by atoms with Gasteiger partial charge in [0.15, 0.2) is 0 Å².